The minimum Gasteiger partial charge on any atom is -0.401 e. The Bertz CT molecular complexity index is 1020. The van der Waals surface area contributed by atoms with Gasteiger partial charge in [0.05, 0.1) is 11.8 Å². The molecule has 136 valence electrons. The first kappa shape index (κ1) is 17.8. The molecule has 0 radical (unpaired) electrons. The van der Waals surface area contributed by atoms with E-state index in [4.69, 9.17) is 4.42 Å². The molecule has 0 aliphatic carbocycles. The van der Waals surface area contributed by atoms with E-state index in [-0.39, 0.29) is 11.3 Å². The zero-order valence-electron chi connectivity index (χ0n) is 14.0. The molecule has 0 saturated carbocycles. The molecule has 1 aromatic carbocycles. The van der Waals surface area contributed by atoms with Gasteiger partial charge in [0.2, 0.25) is 0 Å². The number of para-hydroxylation sites is 1. The van der Waals surface area contributed by atoms with Gasteiger partial charge in [0.1, 0.15) is 16.3 Å². The quantitative estimate of drug-likeness (QED) is 0.384. The molecule has 0 unspecified atom stereocenters. The van der Waals surface area contributed by atoms with Crippen molar-refractivity contribution in [2.24, 2.45) is 0 Å². The lowest BCUT2D eigenvalue weighted by Crippen LogP contribution is -2.54. The molecule has 1 saturated heterocycles. The molecule has 1 aliphatic heterocycles. The normalized spacial score (nSPS) is 16.3. The van der Waals surface area contributed by atoms with Crippen molar-refractivity contribution in [3.8, 4) is 0 Å². The fraction of sp³-hybridized carbons (Fsp3) is 0.0556. The van der Waals surface area contributed by atoms with Crippen molar-refractivity contribution < 1.29 is 23.7 Å². The number of nitro groups is 1. The predicted molar refractivity (Wildman–Crippen MR) is 94.7 cm³/mol. The smallest absolute Gasteiger partial charge is 0.401 e. The minimum atomic E-state index is -0.831. The molecule has 1 aromatic heterocycles. The molecule has 27 heavy (non-hydrogen) atoms. The number of carbonyl (C=O) groups excluding carboxylic acids is 3. The highest BCUT2D eigenvalue weighted by Crippen LogP contribution is 2.24. The fourth-order valence-corrected chi connectivity index (χ4v) is 2.48. The van der Waals surface area contributed by atoms with Gasteiger partial charge < -0.3 is 4.42 Å². The Kier molecular flexibility index (Phi) is 4.67. The third-order valence-electron chi connectivity index (χ3n) is 3.77. The van der Waals surface area contributed by atoms with Crippen LogP contribution >= 0.6 is 0 Å². The van der Waals surface area contributed by atoms with Gasteiger partial charge in [-0.3, -0.25) is 25.0 Å². The average molecular weight is 367 g/mol. The van der Waals surface area contributed by atoms with E-state index in [1.165, 1.54) is 30.4 Å². The number of amides is 4. The average Bonchev–Trinajstić information content (AvgIpc) is 3.08. The Morgan fingerprint density at radius 1 is 1.15 bits per heavy atom. The van der Waals surface area contributed by atoms with Crippen LogP contribution in [0.15, 0.2) is 58.5 Å². The summed E-state index contributed by atoms with van der Waals surface area (Å²) < 4.78 is 4.95. The van der Waals surface area contributed by atoms with Crippen LogP contribution in [0.25, 0.3) is 6.08 Å². The summed E-state index contributed by atoms with van der Waals surface area (Å²) in [6.07, 6.45) is 3.90. The summed E-state index contributed by atoms with van der Waals surface area (Å²) in [4.78, 5) is 47.6. The van der Waals surface area contributed by atoms with Crippen LogP contribution in [-0.4, -0.2) is 22.8 Å². The van der Waals surface area contributed by atoms with Crippen molar-refractivity contribution in [3.05, 3.63) is 75.6 Å². The zero-order valence-corrected chi connectivity index (χ0v) is 14.0. The number of hydrogen-bond donors (Lipinski definition) is 1. The van der Waals surface area contributed by atoms with E-state index < -0.39 is 28.7 Å². The number of nitrogens with one attached hydrogen (secondary N) is 1. The summed E-state index contributed by atoms with van der Waals surface area (Å²) >= 11 is 0. The number of hydrogen-bond acceptors (Lipinski definition) is 6. The molecule has 9 nitrogen and oxygen atoms in total. The summed E-state index contributed by atoms with van der Waals surface area (Å²) in [5.74, 6) is -1.85. The second-order valence-electron chi connectivity index (χ2n) is 5.56. The van der Waals surface area contributed by atoms with E-state index in [0.717, 1.165) is 4.90 Å². The number of aryl methyl sites for hydroxylation is 1. The lowest BCUT2D eigenvalue weighted by Gasteiger charge is -2.27. The van der Waals surface area contributed by atoms with Crippen LogP contribution in [0, 0.1) is 17.0 Å². The van der Waals surface area contributed by atoms with Gasteiger partial charge >= 0.3 is 11.9 Å². The highest BCUT2D eigenvalue weighted by atomic mass is 16.6. The molecule has 0 spiro atoms. The number of urea groups is 1. The number of nitrogens with zero attached hydrogens (tertiary/aromatic N) is 2. The zero-order chi connectivity index (χ0) is 19.6. The first-order valence-corrected chi connectivity index (χ1v) is 7.76. The lowest BCUT2D eigenvalue weighted by atomic mass is 10.1. The number of anilines is 1. The van der Waals surface area contributed by atoms with E-state index in [9.17, 15) is 24.5 Å². The van der Waals surface area contributed by atoms with Crippen molar-refractivity contribution in [1.29, 1.82) is 0 Å². The second-order valence-corrected chi connectivity index (χ2v) is 5.56. The van der Waals surface area contributed by atoms with Crippen molar-refractivity contribution in [1.82, 2.24) is 5.32 Å². The highest BCUT2D eigenvalue weighted by molar-refractivity contribution is 6.37. The molecular formula is C18H13N3O6. The van der Waals surface area contributed by atoms with Crippen LogP contribution < -0.4 is 10.2 Å². The van der Waals surface area contributed by atoms with E-state index >= 15 is 0 Å². The predicted octanol–water partition coefficient (Wildman–Crippen LogP) is 2.72. The molecule has 3 rings (SSSR count). The molecule has 2 heterocycles. The first-order chi connectivity index (χ1) is 12.9. The van der Waals surface area contributed by atoms with Crippen LogP contribution in [0.3, 0.4) is 0 Å². The Morgan fingerprint density at radius 3 is 2.56 bits per heavy atom. The Morgan fingerprint density at radius 2 is 1.89 bits per heavy atom. The molecule has 1 aliphatic rings. The summed E-state index contributed by atoms with van der Waals surface area (Å²) in [7, 11) is 0. The van der Waals surface area contributed by atoms with Gasteiger partial charge in [0.15, 0.2) is 0 Å². The summed E-state index contributed by atoms with van der Waals surface area (Å²) in [5, 5.41) is 12.7. The van der Waals surface area contributed by atoms with Gasteiger partial charge in [0.25, 0.3) is 11.8 Å². The summed E-state index contributed by atoms with van der Waals surface area (Å²) in [6, 6.07) is 8.49. The monoisotopic (exact) mass is 367 g/mol. The minimum absolute atomic E-state index is 0.175. The van der Waals surface area contributed by atoms with E-state index in [2.05, 4.69) is 5.32 Å². The van der Waals surface area contributed by atoms with Gasteiger partial charge in [-0.15, -0.1) is 0 Å². The Hall–Kier alpha value is -4.01. The Balaban J connectivity index is 1.88. The number of rotatable bonds is 4. The molecule has 2 aromatic rings. The van der Waals surface area contributed by atoms with E-state index in [1.807, 2.05) is 0 Å². The van der Waals surface area contributed by atoms with Crippen molar-refractivity contribution in [3.63, 3.8) is 0 Å². The number of carbonyl (C=O) groups is 3. The topological polar surface area (TPSA) is 123 Å². The maximum atomic E-state index is 12.7. The lowest BCUT2D eigenvalue weighted by molar-refractivity contribution is -0.402. The molecular weight excluding hydrogens is 354 g/mol. The molecule has 0 bridgehead atoms. The van der Waals surface area contributed by atoms with Gasteiger partial charge in [-0.2, -0.15) is 0 Å². The number of furan rings is 1. The third kappa shape index (κ3) is 3.52. The van der Waals surface area contributed by atoms with Gasteiger partial charge in [-0.25, -0.2) is 9.69 Å². The maximum Gasteiger partial charge on any atom is 0.433 e. The maximum absolute atomic E-state index is 12.7. The highest BCUT2D eigenvalue weighted by Gasteiger charge is 2.36. The first-order valence-electron chi connectivity index (χ1n) is 7.76. The number of barbiturate groups is 1. The van der Waals surface area contributed by atoms with Crippen LogP contribution in [0.1, 0.15) is 11.3 Å². The van der Waals surface area contributed by atoms with Crippen molar-refractivity contribution in [2.45, 2.75) is 6.92 Å². The van der Waals surface area contributed by atoms with E-state index in [1.54, 1.807) is 31.2 Å². The number of benzene rings is 1. The molecule has 0 atom stereocenters. The number of imide groups is 2. The molecule has 4 amide bonds. The molecule has 1 fully saturated rings. The van der Waals surface area contributed by atoms with Crippen LogP contribution in [0.5, 0.6) is 0 Å². The van der Waals surface area contributed by atoms with Crippen molar-refractivity contribution in [2.75, 3.05) is 4.90 Å². The SMILES string of the molecule is Cc1ccccc1N1C(=O)NC(=O)/C(=C/C=C\c2ccc([N+](=O)[O-])o2)C1=O. The van der Waals surface area contributed by atoms with Gasteiger partial charge in [-0.05, 0) is 36.8 Å². The molecule has 9 heteroatoms. The van der Waals surface area contributed by atoms with Crippen molar-refractivity contribution >= 4 is 35.5 Å². The van der Waals surface area contributed by atoms with E-state index in [0.29, 0.717) is 11.3 Å². The second kappa shape index (κ2) is 7.08. The summed E-state index contributed by atoms with van der Waals surface area (Å²) in [5.41, 5.74) is 0.798. The third-order valence-corrected chi connectivity index (χ3v) is 3.77. The van der Waals surface area contributed by atoms with Crippen LogP contribution in [0.4, 0.5) is 16.4 Å². The Labute approximate surface area is 152 Å². The fourth-order valence-electron chi connectivity index (χ4n) is 2.48. The number of allylic oxidation sites excluding steroid dienone is 2. The van der Waals surface area contributed by atoms with Crippen LogP contribution in [-0.2, 0) is 9.59 Å². The van der Waals surface area contributed by atoms with Crippen LogP contribution in [0.2, 0.25) is 0 Å². The standard InChI is InChI=1S/C18H13N3O6/c1-11-5-2-3-8-14(11)20-17(23)13(16(22)19-18(20)24)7-4-6-12-9-10-15(27-12)21(25)26/h2-10H,1H3,(H,19,22,24)/b6-4-,13-7-. The van der Waals surface area contributed by atoms with Gasteiger partial charge in [0, 0.05) is 0 Å². The van der Waals surface area contributed by atoms with Gasteiger partial charge in [-0.1, -0.05) is 24.3 Å². The summed E-state index contributed by atoms with van der Waals surface area (Å²) in [6.45, 7) is 1.74. The largest absolute Gasteiger partial charge is 0.433 e. The molecule has 1 N–H and O–H groups in total.